The number of fused-ring (bicyclic) bond motifs is 1. The molecule has 4 nitrogen and oxygen atoms in total. The molecule has 1 aliphatic heterocycles. The van der Waals surface area contributed by atoms with E-state index in [1.165, 1.54) is 5.52 Å². The predicted octanol–water partition coefficient (Wildman–Crippen LogP) is 3.50. The van der Waals surface area contributed by atoms with Gasteiger partial charge in [0.1, 0.15) is 0 Å². The number of aromatic nitrogens is 2. The van der Waals surface area contributed by atoms with Crippen LogP contribution in [0, 0.1) is 0 Å². The molecule has 1 saturated heterocycles. The third-order valence-electron chi connectivity index (χ3n) is 4.60. The van der Waals surface area contributed by atoms with E-state index in [1.54, 1.807) is 11.3 Å². The number of hydrogen-bond donors (Lipinski definition) is 0. The topological polar surface area (TPSA) is 38.1 Å². The molecule has 0 N–H and O–H groups in total. The molecule has 3 heterocycles. The van der Waals surface area contributed by atoms with E-state index < -0.39 is 0 Å². The molecule has 0 saturated carbocycles. The van der Waals surface area contributed by atoms with Crippen molar-refractivity contribution in [3.05, 3.63) is 53.0 Å². The Bertz CT molecular complexity index is 801. The zero-order valence-corrected chi connectivity index (χ0v) is 13.7. The van der Waals surface area contributed by atoms with Gasteiger partial charge < -0.3 is 9.47 Å². The number of benzene rings is 1. The number of piperidine rings is 1. The minimum atomic E-state index is 0.251. The molecule has 0 radical (unpaired) electrons. The number of thiophene rings is 1. The molecule has 23 heavy (non-hydrogen) atoms. The van der Waals surface area contributed by atoms with Crippen LogP contribution < -0.4 is 0 Å². The highest BCUT2D eigenvalue weighted by molar-refractivity contribution is 7.10. The van der Waals surface area contributed by atoms with Crippen molar-refractivity contribution in [2.24, 2.45) is 0 Å². The molecule has 0 aliphatic carbocycles. The third kappa shape index (κ3) is 2.88. The van der Waals surface area contributed by atoms with Gasteiger partial charge >= 0.3 is 0 Å². The lowest BCUT2D eigenvalue weighted by atomic mass is 10.0. The number of rotatable bonds is 3. The summed E-state index contributed by atoms with van der Waals surface area (Å²) in [5.74, 6) is 0.251. The second kappa shape index (κ2) is 6.16. The number of nitrogens with zero attached hydrogens (tertiary/aromatic N) is 3. The quantitative estimate of drug-likeness (QED) is 0.739. The maximum absolute atomic E-state index is 12.4. The normalized spacial score (nSPS) is 16.1. The van der Waals surface area contributed by atoms with Crippen molar-refractivity contribution in [1.82, 2.24) is 14.5 Å². The largest absolute Gasteiger partial charge is 0.342 e. The average molecular weight is 325 g/mol. The molecule has 0 atom stereocenters. The molecule has 0 unspecified atom stereocenters. The van der Waals surface area contributed by atoms with Crippen LogP contribution in [0.5, 0.6) is 0 Å². The SMILES string of the molecule is O=C(Cc1cccs1)N1CCC(n2cnc3ccccc32)CC1. The van der Waals surface area contributed by atoms with Crippen molar-refractivity contribution in [3.63, 3.8) is 0 Å². The molecule has 1 aromatic carbocycles. The monoisotopic (exact) mass is 325 g/mol. The van der Waals surface area contributed by atoms with Gasteiger partial charge in [0, 0.05) is 24.0 Å². The summed E-state index contributed by atoms with van der Waals surface area (Å²) in [6.45, 7) is 1.67. The lowest BCUT2D eigenvalue weighted by Gasteiger charge is -2.33. The van der Waals surface area contributed by atoms with Crippen LogP contribution in [0.1, 0.15) is 23.8 Å². The maximum Gasteiger partial charge on any atom is 0.227 e. The Morgan fingerprint density at radius 1 is 1.17 bits per heavy atom. The minimum Gasteiger partial charge on any atom is -0.342 e. The minimum absolute atomic E-state index is 0.251. The van der Waals surface area contributed by atoms with E-state index in [2.05, 4.69) is 21.7 Å². The van der Waals surface area contributed by atoms with Crippen LogP contribution in [-0.2, 0) is 11.2 Å². The van der Waals surface area contributed by atoms with E-state index >= 15 is 0 Å². The van der Waals surface area contributed by atoms with E-state index in [0.29, 0.717) is 12.5 Å². The van der Waals surface area contributed by atoms with Crippen LogP contribution in [0.3, 0.4) is 0 Å². The highest BCUT2D eigenvalue weighted by atomic mass is 32.1. The summed E-state index contributed by atoms with van der Waals surface area (Å²) in [6.07, 6.45) is 4.47. The summed E-state index contributed by atoms with van der Waals surface area (Å²) >= 11 is 1.66. The van der Waals surface area contributed by atoms with E-state index in [4.69, 9.17) is 0 Å². The van der Waals surface area contributed by atoms with Gasteiger partial charge in [0.15, 0.2) is 0 Å². The van der Waals surface area contributed by atoms with Gasteiger partial charge in [0.2, 0.25) is 5.91 Å². The van der Waals surface area contributed by atoms with Crippen LogP contribution in [0.4, 0.5) is 0 Å². The Morgan fingerprint density at radius 2 is 2.00 bits per heavy atom. The Hall–Kier alpha value is -2.14. The van der Waals surface area contributed by atoms with Gasteiger partial charge in [-0.25, -0.2) is 4.98 Å². The van der Waals surface area contributed by atoms with Crippen molar-refractivity contribution >= 4 is 28.3 Å². The van der Waals surface area contributed by atoms with Crippen molar-refractivity contribution in [2.75, 3.05) is 13.1 Å². The first-order chi connectivity index (χ1) is 11.3. The van der Waals surface area contributed by atoms with Gasteiger partial charge in [-0.3, -0.25) is 4.79 Å². The molecule has 5 heteroatoms. The molecular weight excluding hydrogens is 306 g/mol. The van der Waals surface area contributed by atoms with Crippen molar-refractivity contribution < 1.29 is 4.79 Å². The zero-order chi connectivity index (χ0) is 15.6. The summed E-state index contributed by atoms with van der Waals surface area (Å²) in [5.41, 5.74) is 2.24. The first-order valence-corrected chi connectivity index (χ1v) is 8.91. The fourth-order valence-corrected chi connectivity index (χ4v) is 4.03. The highest BCUT2D eigenvalue weighted by Crippen LogP contribution is 2.27. The van der Waals surface area contributed by atoms with Crippen LogP contribution in [0.25, 0.3) is 11.0 Å². The van der Waals surface area contributed by atoms with Crippen LogP contribution in [0.15, 0.2) is 48.1 Å². The predicted molar refractivity (Wildman–Crippen MR) is 92.6 cm³/mol. The standard InChI is InChI=1S/C18H19N3OS/c22-18(12-15-4-3-11-23-15)20-9-7-14(8-10-20)21-13-19-16-5-1-2-6-17(16)21/h1-6,11,13-14H,7-10,12H2. The molecule has 0 spiro atoms. The lowest BCUT2D eigenvalue weighted by Crippen LogP contribution is -2.39. The van der Waals surface area contributed by atoms with E-state index in [0.717, 1.165) is 36.3 Å². The number of para-hydroxylation sites is 2. The molecule has 4 rings (SSSR count). The van der Waals surface area contributed by atoms with Crippen LogP contribution in [0.2, 0.25) is 0 Å². The lowest BCUT2D eigenvalue weighted by molar-refractivity contribution is -0.131. The number of carbonyl (C=O) groups is 1. The molecule has 1 aliphatic rings. The van der Waals surface area contributed by atoms with Crippen LogP contribution >= 0.6 is 11.3 Å². The first kappa shape index (κ1) is 14.5. The molecular formula is C18H19N3OS. The Balaban J connectivity index is 1.42. The van der Waals surface area contributed by atoms with Gasteiger partial charge in [0.25, 0.3) is 0 Å². The summed E-state index contributed by atoms with van der Waals surface area (Å²) < 4.78 is 2.27. The number of hydrogen-bond acceptors (Lipinski definition) is 3. The Labute approximate surface area is 139 Å². The summed E-state index contributed by atoms with van der Waals surface area (Å²) in [4.78, 5) is 20.0. The number of likely N-dealkylation sites (tertiary alicyclic amines) is 1. The molecule has 1 amide bonds. The van der Waals surface area contributed by atoms with Gasteiger partial charge in [-0.2, -0.15) is 0 Å². The van der Waals surface area contributed by atoms with Crippen LogP contribution in [-0.4, -0.2) is 33.4 Å². The highest BCUT2D eigenvalue weighted by Gasteiger charge is 2.24. The smallest absolute Gasteiger partial charge is 0.227 e. The van der Waals surface area contributed by atoms with Crippen molar-refractivity contribution in [1.29, 1.82) is 0 Å². The Kier molecular flexibility index (Phi) is 3.87. The average Bonchev–Trinajstić information content (AvgIpc) is 3.24. The third-order valence-corrected chi connectivity index (χ3v) is 5.47. The zero-order valence-electron chi connectivity index (χ0n) is 12.9. The summed E-state index contributed by atoms with van der Waals surface area (Å²) in [5, 5.41) is 2.03. The number of amides is 1. The molecule has 3 aromatic rings. The summed E-state index contributed by atoms with van der Waals surface area (Å²) in [7, 11) is 0. The second-order valence-electron chi connectivity index (χ2n) is 6.01. The van der Waals surface area contributed by atoms with E-state index in [9.17, 15) is 4.79 Å². The van der Waals surface area contributed by atoms with Gasteiger partial charge in [0.05, 0.1) is 23.8 Å². The second-order valence-corrected chi connectivity index (χ2v) is 7.04. The van der Waals surface area contributed by atoms with Crippen molar-refractivity contribution in [2.45, 2.75) is 25.3 Å². The first-order valence-electron chi connectivity index (χ1n) is 8.03. The molecule has 118 valence electrons. The summed E-state index contributed by atoms with van der Waals surface area (Å²) in [6, 6.07) is 12.7. The fourth-order valence-electron chi connectivity index (χ4n) is 3.34. The van der Waals surface area contributed by atoms with Gasteiger partial charge in [-0.05, 0) is 36.4 Å². The maximum atomic E-state index is 12.4. The van der Waals surface area contributed by atoms with Gasteiger partial charge in [-0.15, -0.1) is 11.3 Å². The Morgan fingerprint density at radius 3 is 2.78 bits per heavy atom. The number of imidazole rings is 1. The molecule has 1 fully saturated rings. The fraction of sp³-hybridized carbons (Fsp3) is 0.333. The van der Waals surface area contributed by atoms with E-state index in [1.807, 2.05) is 40.9 Å². The van der Waals surface area contributed by atoms with Crippen molar-refractivity contribution in [3.8, 4) is 0 Å². The van der Waals surface area contributed by atoms with E-state index in [-0.39, 0.29) is 5.91 Å². The number of carbonyl (C=O) groups excluding carboxylic acids is 1. The molecule has 2 aromatic heterocycles. The van der Waals surface area contributed by atoms with Gasteiger partial charge in [-0.1, -0.05) is 18.2 Å². The molecule has 0 bridgehead atoms.